The van der Waals surface area contributed by atoms with Gasteiger partial charge in [-0.05, 0) is 56.9 Å². The number of alkyl carbamates (subject to hydrolysis) is 1. The Labute approximate surface area is 245 Å². The number of likely N-dealkylation sites (tertiary alicyclic amines) is 2. The smallest absolute Gasteiger partial charge is 0.447 e. The lowest BCUT2D eigenvalue weighted by molar-refractivity contribution is -0.131. The fraction of sp³-hybridized carbons (Fsp3) is 0.593. The van der Waals surface area contributed by atoms with Crippen molar-refractivity contribution in [2.24, 2.45) is 0 Å². The third-order valence-electron chi connectivity index (χ3n) is 7.58. The topological polar surface area (TPSA) is 160 Å². The van der Waals surface area contributed by atoms with Gasteiger partial charge in [-0.2, -0.15) is 5.26 Å². The van der Waals surface area contributed by atoms with Gasteiger partial charge in [-0.15, -0.1) is 0 Å². The first kappa shape index (κ1) is 33.4. The Balaban J connectivity index is 1.68. The molecule has 2 atom stereocenters. The van der Waals surface area contributed by atoms with Crippen molar-refractivity contribution in [3.63, 3.8) is 0 Å². The van der Waals surface area contributed by atoms with E-state index in [1.165, 1.54) is 40.1 Å². The molecule has 1 aromatic rings. The van der Waals surface area contributed by atoms with Crippen molar-refractivity contribution in [3.8, 4) is 6.07 Å². The molecular weight excluding hydrogens is 573 g/mol. The zero-order valence-corrected chi connectivity index (χ0v) is 24.7. The standard InChI is InChI=1S/C27H37BF2N4O7S/c1-26(2,33-13-11-27(29,30)18-33)14-20(16-31)24(35)34-12-5-4-6-21(34)17-41-25(36)32-23(15-28(37)38)19-7-9-22(10-8-19)42(3,39)40/h7-10,14,21,23,37-38H,4-6,11-13,15,17-18H2,1-3H3,(H,32,36)/t21-,23-/m1/s1. The van der Waals surface area contributed by atoms with Crippen LogP contribution >= 0.6 is 0 Å². The molecule has 2 saturated heterocycles. The van der Waals surface area contributed by atoms with Crippen LogP contribution in [0.4, 0.5) is 13.6 Å². The molecule has 15 heteroatoms. The van der Waals surface area contributed by atoms with Gasteiger partial charge in [0.05, 0.1) is 23.5 Å². The Morgan fingerprint density at radius 1 is 1.26 bits per heavy atom. The van der Waals surface area contributed by atoms with Crippen molar-refractivity contribution < 1.29 is 41.6 Å². The highest BCUT2D eigenvalue weighted by Gasteiger charge is 2.43. The normalized spacial score (nSPS) is 20.5. The summed E-state index contributed by atoms with van der Waals surface area (Å²) in [6, 6.07) is 6.05. The molecule has 0 radical (unpaired) electrons. The molecule has 0 unspecified atom stereocenters. The summed E-state index contributed by atoms with van der Waals surface area (Å²) in [6.45, 7) is 3.15. The van der Waals surface area contributed by atoms with Crippen LogP contribution in [0.25, 0.3) is 0 Å². The first-order valence-corrected chi connectivity index (χ1v) is 15.6. The summed E-state index contributed by atoms with van der Waals surface area (Å²) >= 11 is 0. The van der Waals surface area contributed by atoms with E-state index in [1.54, 1.807) is 13.8 Å². The van der Waals surface area contributed by atoms with Crippen molar-refractivity contribution in [2.45, 2.75) is 74.3 Å². The van der Waals surface area contributed by atoms with Gasteiger partial charge in [0.1, 0.15) is 18.2 Å². The highest BCUT2D eigenvalue weighted by atomic mass is 32.2. The van der Waals surface area contributed by atoms with Gasteiger partial charge < -0.3 is 25.0 Å². The summed E-state index contributed by atoms with van der Waals surface area (Å²) < 4.78 is 56.5. The van der Waals surface area contributed by atoms with E-state index in [1.807, 2.05) is 6.07 Å². The Morgan fingerprint density at radius 3 is 2.48 bits per heavy atom. The zero-order valence-electron chi connectivity index (χ0n) is 23.9. The van der Waals surface area contributed by atoms with E-state index in [9.17, 15) is 42.1 Å². The zero-order chi connectivity index (χ0) is 31.3. The molecule has 2 aliphatic heterocycles. The molecule has 0 bridgehead atoms. The molecular formula is C27H37BF2N4O7S. The second kappa shape index (κ2) is 13.5. The minimum absolute atomic E-state index is 0.0618. The number of hydrogen-bond acceptors (Lipinski definition) is 9. The van der Waals surface area contributed by atoms with Gasteiger partial charge in [0.2, 0.25) is 0 Å². The highest BCUT2D eigenvalue weighted by molar-refractivity contribution is 7.90. The molecule has 2 amide bonds. The van der Waals surface area contributed by atoms with Gasteiger partial charge in [-0.1, -0.05) is 12.1 Å². The van der Waals surface area contributed by atoms with Gasteiger partial charge in [0.15, 0.2) is 9.84 Å². The average Bonchev–Trinajstić information content (AvgIpc) is 3.30. The molecule has 1 aromatic carbocycles. The maximum atomic E-state index is 13.8. The van der Waals surface area contributed by atoms with Crippen LogP contribution in [-0.4, -0.2) is 97.4 Å². The van der Waals surface area contributed by atoms with E-state index < -0.39 is 59.0 Å². The third-order valence-corrected chi connectivity index (χ3v) is 8.71. The Hall–Kier alpha value is -3.06. The van der Waals surface area contributed by atoms with Crippen molar-refractivity contribution in [2.75, 3.05) is 32.5 Å². The number of halogens is 2. The monoisotopic (exact) mass is 610 g/mol. The SMILES string of the molecule is CC(C)(C=C(C#N)C(=O)N1CCCC[C@@H]1COC(=O)N[C@H](CB(O)O)c1ccc(S(C)(=O)=O)cc1)N1CCC(F)(F)C1. The Morgan fingerprint density at radius 2 is 1.93 bits per heavy atom. The summed E-state index contributed by atoms with van der Waals surface area (Å²) in [5.41, 5.74) is -0.723. The van der Waals surface area contributed by atoms with Gasteiger partial charge in [-0.25, -0.2) is 22.0 Å². The fourth-order valence-corrected chi connectivity index (χ4v) is 5.83. The molecule has 0 spiro atoms. The number of alkyl halides is 2. The minimum atomic E-state index is -3.45. The van der Waals surface area contributed by atoms with E-state index in [0.717, 1.165) is 12.7 Å². The summed E-state index contributed by atoms with van der Waals surface area (Å²) in [5.74, 6) is -3.40. The predicted octanol–water partition coefficient (Wildman–Crippen LogP) is 2.28. The molecule has 2 heterocycles. The number of benzene rings is 1. The second-order valence-electron chi connectivity index (χ2n) is 11.4. The lowest BCUT2D eigenvalue weighted by Crippen LogP contribution is -2.48. The lowest BCUT2D eigenvalue weighted by Gasteiger charge is -2.36. The first-order valence-electron chi connectivity index (χ1n) is 13.7. The number of amides is 2. The molecule has 0 aliphatic carbocycles. The van der Waals surface area contributed by atoms with Crippen LogP contribution in [0.15, 0.2) is 40.8 Å². The summed E-state index contributed by atoms with van der Waals surface area (Å²) in [6.07, 6.45) is 2.92. The summed E-state index contributed by atoms with van der Waals surface area (Å²) in [5, 5.41) is 31.3. The van der Waals surface area contributed by atoms with Crippen molar-refractivity contribution in [1.82, 2.24) is 15.1 Å². The number of sulfone groups is 1. The van der Waals surface area contributed by atoms with E-state index in [-0.39, 0.29) is 36.4 Å². The van der Waals surface area contributed by atoms with E-state index in [4.69, 9.17) is 4.74 Å². The number of nitrogens with zero attached hydrogens (tertiary/aromatic N) is 3. The number of ether oxygens (including phenoxy) is 1. The lowest BCUT2D eigenvalue weighted by atomic mass is 9.79. The van der Waals surface area contributed by atoms with Crippen LogP contribution in [0, 0.1) is 11.3 Å². The molecule has 3 rings (SSSR count). The maximum Gasteiger partial charge on any atom is 0.453 e. The van der Waals surface area contributed by atoms with Crippen LogP contribution < -0.4 is 5.32 Å². The van der Waals surface area contributed by atoms with Gasteiger partial charge in [0, 0.05) is 37.6 Å². The molecule has 2 fully saturated rings. The molecule has 42 heavy (non-hydrogen) atoms. The molecule has 0 saturated carbocycles. The van der Waals surface area contributed by atoms with Crippen molar-refractivity contribution in [3.05, 3.63) is 41.5 Å². The Kier molecular flexibility index (Phi) is 10.7. The molecule has 0 aromatic heterocycles. The van der Waals surface area contributed by atoms with Crippen LogP contribution in [0.3, 0.4) is 0 Å². The third kappa shape index (κ3) is 8.97. The minimum Gasteiger partial charge on any atom is -0.447 e. The van der Waals surface area contributed by atoms with E-state index in [0.29, 0.717) is 24.9 Å². The van der Waals surface area contributed by atoms with Crippen LogP contribution in [-0.2, 0) is 19.4 Å². The number of hydrogen-bond donors (Lipinski definition) is 3. The molecule has 3 N–H and O–H groups in total. The number of nitriles is 1. The number of carbonyl (C=O) groups excluding carboxylic acids is 2. The number of rotatable bonds is 10. The van der Waals surface area contributed by atoms with E-state index in [2.05, 4.69) is 5.32 Å². The quantitative estimate of drug-likeness (QED) is 0.205. The fourth-order valence-electron chi connectivity index (χ4n) is 5.20. The molecule has 2 aliphatic rings. The predicted molar refractivity (Wildman–Crippen MR) is 150 cm³/mol. The van der Waals surface area contributed by atoms with Crippen LogP contribution in [0.5, 0.6) is 0 Å². The second-order valence-corrected chi connectivity index (χ2v) is 13.4. The average molecular weight is 610 g/mol. The number of piperidine rings is 1. The largest absolute Gasteiger partial charge is 0.453 e. The molecule has 230 valence electrons. The number of carbonyl (C=O) groups is 2. The van der Waals surface area contributed by atoms with Crippen LogP contribution in [0.1, 0.15) is 51.1 Å². The summed E-state index contributed by atoms with van der Waals surface area (Å²) in [7, 11) is -5.23. The summed E-state index contributed by atoms with van der Waals surface area (Å²) in [4.78, 5) is 29.2. The van der Waals surface area contributed by atoms with Gasteiger partial charge in [0.25, 0.3) is 11.8 Å². The van der Waals surface area contributed by atoms with Gasteiger partial charge in [-0.3, -0.25) is 9.69 Å². The van der Waals surface area contributed by atoms with Gasteiger partial charge >= 0.3 is 13.2 Å². The number of nitrogens with one attached hydrogen (secondary N) is 1. The van der Waals surface area contributed by atoms with Crippen LogP contribution in [0.2, 0.25) is 6.32 Å². The highest BCUT2D eigenvalue weighted by Crippen LogP contribution is 2.33. The first-order chi connectivity index (χ1) is 19.5. The maximum absolute atomic E-state index is 13.8. The Bertz CT molecular complexity index is 1320. The van der Waals surface area contributed by atoms with Crippen molar-refractivity contribution >= 4 is 29.0 Å². The van der Waals surface area contributed by atoms with E-state index >= 15 is 0 Å². The van der Waals surface area contributed by atoms with Crippen molar-refractivity contribution in [1.29, 1.82) is 5.26 Å². The molecule has 11 nitrogen and oxygen atoms in total.